The molecule has 1 N–H and O–H groups in total. The molecule has 3 aliphatic rings. The van der Waals surface area contributed by atoms with E-state index in [9.17, 15) is 4.79 Å². The largest absolute Gasteiger partial charge is 0.355 e. The Morgan fingerprint density at radius 1 is 1.15 bits per heavy atom. The lowest BCUT2D eigenvalue weighted by atomic mass is 9.75. The van der Waals surface area contributed by atoms with Gasteiger partial charge >= 0.3 is 0 Å². The van der Waals surface area contributed by atoms with E-state index < -0.39 is 0 Å². The van der Waals surface area contributed by atoms with E-state index in [1.807, 2.05) is 0 Å². The minimum absolute atomic E-state index is 0.0598. The number of rotatable bonds is 0. The van der Waals surface area contributed by atoms with Crippen LogP contribution in [0.15, 0.2) is 18.2 Å². The van der Waals surface area contributed by atoms with Gasteiger partial charge < -0.3 is 10.2 Å². The van der Waals surface area contributed by atoms with Crippen LogP contribution in [0.5, 0.6) is 0 Å². The van der Waals surface area contributed by atoms with Crippen LogP contribution < -0.4 is 10.2 Å². The van der Waals surface area contributed by atoms with Crippen molar-refractivity contribution in [2.45, 2.75) is 57.5 Å². The number of nitrogens with one attached hydrogen (secondary N) is 1. The molecule has 1 aromatic carbocycles. The van der Waals surface area contributed by atoms with Gasteiger partial charge in [0.15, 0.2) is 0 Å². The molecule has 20 heavy (non-hydrogen) atoms. The summed E-state index contributed by atoms with van der Waals surface area (Å²) >= 11 is 0. The second-order valence-electron chi connectivity index (χ2n) is 6.62. The minimum atomic E-state index is 0.0598. The SMILES string of the molecule is Cc1ccc2c(c1)NC(=O)C1CCC3CCCCC3N21. The molecule has 0 bridgehead atoms. The molecule has 3 unspecified atom stereocenters. The molecule has 2 heterocycles. The maximum absolute atomic E-state index is 12.4. The first kappa shape index (κ1) is 12.2. The van der Waals surface area contributed by atoms with E-state index in [4.69, 9.17) is 0 Å². The van der Waals surface area contributed by atoms with Crippen molar-refractivity contribution < 1.29 is 4.79 Å². The third kappa shape index (κ3) is 1.75. The highest BCUT2D eigenvalue weighted by atomic mass is 16.2. The molecule has 1 saturated carbocycles. The molecule has 106 valence electrons. The van der Waals surface area contributed by atoms with Gasteiger partial charge in [-0.3, -0.25) is 4.79 Å². The summed E-state index contributed by atoms with van der Waals surface area (Å²) in [7, 11) is 0. The summed E-state index contributed by atoms with van der Waals surface area (Å²) < 4.78 is 0. The average Bonchev–Trinajstić information content (AvgIpc) is 2.46. The summed E-state index contributed by atoms with van der Waals surface area (Å²) in [6, 6.07) is 7.11. The Hall–Kier alpha value is -1.51. The van der Waals surface area contributed by atoms with Crippen LogP contribution in [0.1, 0.15) is 44.1 Å². The molecule has 3 heteroatoms. The predicted octanol–water partition coefficient (Wildman–Crippen LogP) is 3.47. The lowest BCUT2D eigenvalue weighted by Gasteiger charge is -2.51. The monoisotopic (exact) mass is 270 g/mol. The van der Waals surface area contributed by atoms with Crippen molar-refractivity contribution in [3.8, 4) is 0 Å². The van der Waals surface area contributed by atoms with Gasteiger partial charge in [-0.05, 0) is 56.2 Å². The van der Waals surface area contributed by atoms with E-state index in [0.29, 0.717) is 6.04 Å². The van der Waals surface area contributed by atoms with Gasteiger partial charge in [0.25, 0.3) is 0 Å². The molecule has 2 fully saturated rings. The Morgan fingerprint density at radius 2 is 2.00 bits per heavy atom. The zero-order chi connectivity index (χ0) is 13.7. The maximum atomic E-state index is 12.4. The number of nitrogens with zero attached hydrogens (tertiary/aromatic N) is 1. The standard InChI is InChI=1S/C17H22N2O/c1-11-6-8-15-13(10-11)18-17(20)16-9-7-12-4-2-3-5-14(12)19(15)16/h6,8,10,12,14,16H,2-5,7,9H2,1H3,(H,18,20). The molecule has 1 saturated heterocycles. The van der Waals surface area contributed by atoms with Crippen LogP contribution in [0, 0.1) is 12.8 Å². The third-order valence-corrected chi connectivity index (χ3v) is 5.36. The first-order chi connectivity index (χ1) is 9.74. The second-order valence-corrected chi connectivity index (χ2v) is 6.62. The first-order valence-corrected chi connectivity index (χ1v) is 7.94. The van der Waals surface area contributed by atoms with Gasteiger partial charge in [-0.1, -0.05) is 18.9 Å². The average molecular weight is 270 g/mol. The Labute approximate surface area is 120 Å². The van der Waals surface area contributed by atoms with Crippen molar-refractivity contribution in [3.05, 3.63) is 23.8 Å². The van der Waals surface area contributed by atoms with Crippen molar-refractivity contribution >= 4 is 17.3 Å². The van der Waals surface area contributed by atoms with Crippen LogP contribution in [-0.4, -0.2) is 18.0 Å². The molecule has 0 spiro atoms. The number of anilines is 2. The number of carbonyl (C=O) groups excluding carboxylic acids is 1. The summed E-state index contributed by atoms with van der Waals surface area (Å²) in [6.07, 6.45) is 7.51. The van der Waals surface area contributed by atoms with E-state index >= 15 is 0 Å². The Balaban J connectivity index is 1.79. The Bertz CT molecular complexity index is 554. The van der Waals surface area contributed by atoms with Gasteiger partial charge in [0.2, 0.25) is 5.91 Å². The van der Waals surface area contributed by atoms with Crippen molar-refractivity contribution in [1.82, 2.24) is 0 Å². The van der Waals surface area contributed by atoms with E-state index in [2.05, 4.69) is 35.3 Å². The molecule has 1 aromatic rings. The number of benzene rings is 1. The van der Waals surface area contributed by atoms with E-state index in [1.54, 1.807) is 0 Å². The van der Waals surface area contributed by atoms with Crippen LogP contribution in [-0.2, 0) is 4.79 Å². The third-order valence-electron chi connectivity index (χ3n) is 5.36. The predicted molar refractivity (Wildman–Crippen MR) is 81.1 cm³/mol. The quantitative estimate of drug-likeness (QED) is 0.783. The molecule has 4 rings (SSSR count). The number of amides is 1. The molecule has 3 nitrogen and oxygen atoms in total. The highest BCUT2D eigenvalue weighted by Crippen LogP contribution is 2.45. The van der Waals surface area contributed by atoms with Crippen LogP contribution in [0.4, 0.5) is 11.4 Å². The second kappa shape index (κ2) is 4.51. The van der Waals surface area contributed by atoms with Gasteiger partial charge in [-0.25, -0.2) is 0 Å². The Kier molecular flexibility index (Phi) is 2.76. The normalized spacial score (nSPS) is 31.9. The first-order valence-electron chi connectivity index (χ1n) is 7.94. The number of hydrogen-bond acceptors (Lipinski definition) is 2. The van der Waals surface area contributed by atoms with E-state index in [1.165, 1.54) is 43.4 Å². The molecule has 1 aliphatic carbocycles. The highest BCUT2D eigenvalue weighted by molar-refractivity contribution is 6.04. The summed E-state index contributed by atoms with van der Waals surface area (Å²) in [6.45, 7) is 2.08. The summed E-state index contributed by atoms with van der Waals surface area (Å²) in [4.78, 5) is 14.9. The van der Waals surface area contributed by atoms with Crippen molar-refractivity contribution in [2.24, 2.45) is 5.92 Å². The van der Waals surface area contributed by atoms with Gasteiger partial charge in [0.05, 0.1) is 11.4 Å². The molecule has 1 amide bonds. The zero-order valence-electron chi connectivity index (χ0n) is 12.1. The number of piperidine rings is 1. The summed E-state index contributed by atoms with van der Waals surface area (Å²) in [5.41, 5.74) is 3.47. The van der Waals surface area contributed by atoms with Crippen molar-refractivity contribution in [3.63, 3.8) is 0 Å². The van der Waals surface area contributed by atoms with E-state index in [-0.39, 0.29) is 11.9 Å². The van der Waals surface area contributed by atoms with Crippen LogP contribution in [0.25, 0.3) is 0 Å². The maximum Gasteiger partial charge on any atom is 0.247 e. The lowest BCUT2D eigenvalue weighted by Crippen LogP contribution is -2.58. The fourth-order valence-electron chi connectivity index (χ4n) is 4.43. The number of carbonyl (C=O) groups is 1. The fraction of sp³-hybridized carbons (Fsp3) is 0.588. The van der Waals surface area contributed by atoms with Crippen LogP contribution >= 0.6 is 0 Å². The number of hydrogen-bond donors (Lipinski definition) is 1. The molecule has 0 aromatic heterocycles. The fourth-order valence-corrected chi connectivity index (χ4v) is 4.43. The number of aryl methyl sites for hydroxylation is 1. The molecule has 2 aliphatic heterocycles. The molecular weight excluding hydrogens is 248 g/mol. The summed E-state index contributed by atoms with van der Waals surface area (Å²) in [5.74, 6) is 0.993. The topological polar surface area (TPSA) is 32.3 Å². The Morgan fingerprint density at radius 3 is 2.90 bits per heavy atom. The van der Waals surface area contributed by atoms with Crippen molar-refractivity contribution in [1.29, 1.82) is 0 Å². The lowest BCUT2D eigenvalue weighted by molar-refractivity contribution is -0.118. The van der Waals surface area contributed by atoms with Gasteiger partial charge in [-0.2, -0.15) is 0 Å². The smallest absolute Gasteiger partial charge is 0.247 e. The van der Waals surface area contributed by atoms with Gasteiger partial charge in [0.1, 0.15) is 6.04 Å². The molecular formula is C17H22N2O. The molecule has 3 atom stereocenters. The highest BCUT2D eigenvalue weighted by Gasteiger charge is 2.44. The van der Waals surface area contributed by atoms with Crippen LogP contribution in [0.3, 0.4) is 0 Å². The van der Waals surface area contributed by atoms with E-state index in [0.717, 1.165) is 18.0 Å². The van der Waals surface area contributed by atoms with Crippen LogP contribution in [0.2, 0.25) is 0 Å². The minimum Gasteiger partial charge on any atom is -0.355 e. The van der Waals surface area contributed by atoms with Gasteiger partial charge in [-0.15, -0.1) is 0 Å². The van der Waals surface area contributed by atoms with Gasteiger partial charge in [0, 0.05) is 6.04 Å². The molecule has 0 radical (unpaired) electrons. The summed E-state index contributed by atoms with van der Waals surface area (Å²) in [5, 5.41) is 3.11. The zero-order valence-corrected chi connectivity index (χ0v) is 12.1. The number of fused-ring (bicyclic) bond motifs is 5. The van der Waals surface area contributed by atoms with Crippen molar-refractivity contribution in [2.75, 3.05) is 10.2 Å².